The molecule has 0 aliphatic carbocycles. The quantitative estimate of drug-likeness (QED) is 0.132. The van der Waals surface area contributed by atoms with Crippen LogP contribution in [0.3, 0.4) is 0 Å². The van der Waals surface area contributed by atoms with E-state index in [0.717, 1.165) is 11.1 Å². The molecule has 7 aromatic carbocycles. The van der Waals surface area contributed by atoms with Crippen LogP contribution in [0.2, 0.25) is 0 Å². The van der Waals surface area contributed by atoms with Crippen LogP contribution in [0, 0.1) is 11.8 Å². The fourth-order valence-electron chi connectivity index (χ4n) is 5.20. The summed E-state index contributed by atoms with van der Waals surface area (Å²) >= 11 is 0. The summed E-state index contributed by atoms with van der Waals surface area (Å²) in [5.41, 5.74) is 4.47. The summed E-state index contributed by atoms with van der Waals surface area (Å²) in [5, 5.41) is 10.2. The smallest absolute Gasteiger partial charge is 0.0255 e. The van der Waals surface area contributed by atoms with Crippen molar-refractivity contribution in [3.63, 3.8) is 0 Å². The molecule has 0 bridgehead atoms. The third kappa shape index (κ3) is 3.59. The molecule has 0 N–H and O–H groups in total. The molecule has 0 aromatic heterocycles. The Labute approximate surface area is 210 Å². The van der Waals surface area contributed by atoms with Gasteiger partial charge in [-0.3, -0.25) is 0 Å². The second kappa shape index (κ2) is 8.42. The van der Waals surface area contributed by atoms with Crippen molar-refractivity contribution < 1.29 is 0 Å². The molecule has 0 aliphatic rings. The van der Waals surface area contributed by atoms with Crippen LogP contribution in [0.15, 0.2) is 133 Å². The lowest BCUT2D eigenvalue weighted by atomic mass is 9.90. The van der Waals surface area contributed by atoms with Crippen LogP contribution < -0.4 is 0 Å². The zero-order valence-electron chi connectivity index (χ0n) is 19.7. The van der Waals surface area contributed by atoms with Crippen LogP contribution in [0.1, 0.15) is 11.1 Å². The van der Waals surface area contributed by atoms with Crippen LogP contribution in [0.25, 0.3) is 54.2 Å². The molecule has 7 aromatic rings. The molecule has 0 fully saturated rings. The Morgan fingerprint density at radius 3 is 1.61 bits per heavy atom. The lowest BCUT2D eigenvalue weighted by Crippen LogP contribution is -1.87. The molecule has 166 valence electrons. The summed E-state index contributed by atoms with van der Waals surface area (Å²) in [5.74, 6) is 6.66. The summed E-state index contributed by atoms with van der Waals surface area (Å²) in [4.78, 5) is 0. The highest BCUT2D eigenvalue weighted by Crippen LogP contribution is 2.39. The Kier molecular flexibility index (Phi) is 4.80. The highest BCUT2D eigenvalue weighted by Gasteiger charge is 2.11. The van der Waals surface area contributed by atoms with Crippen LogP contribution >= 0.6 is 0 Å². The Morgan fingerprint density at radius 2 is 0.889 bits per heavy atom. The van der Waals surface area contributed by atoms with Crippen molar-refractivity contribution in [2.75, 3.05) is 0 Å². The van der Waals surface area contributed by atoms with E-state index < -0.39 is 0 Å². The Bertz CT molecular complexity index is 1980. The standard InChI is InChI=1S/C36H22/c1-2-9-25(10-3-1)17-18-26-11-8-16-31(19-26)33-24-32-20-27-12-4-5-13-28(27)21-34(32)36-23-30-15-7-6-14-29(30)22-35(33)36/h1-16,19-24H. The minimum Gasteiger partial charge on any atom is -0.0622 e. The third-order valence-corrected chi connectivity index (χ3v) is 6.98. The van der Waals surface area contributed by atoms with Crippen LogP contribution in [-0.4, -0.2) is 0 Å². The highest BCUT2D eigenvalue weighted by atomic mass is 14.1. The van der Waals surface area contributed by atoms with E-state index in [-0.39, 0.29) is 0 Å². The summed E-state index contributed by atoms with van der Waals surface area (Å²) in [6, 6.07) is 47.7. The van der Waals surface area contributed by atoms with Gasteiger partial charge in [0.15, 0.2) is 0 Å². The van der Waals surface area contributed by atoms with Gasteiger partial charge in [0, 0.05) is 11.1 Å². The molecule has 0 nitrogen and oxygen atoms in total. The second-order valence-electron chi connectivity index (χ2n) is 9.29. The van der Waals surface area contributed by atoms with Gasteiger partial charge in [0.05, 0.1) is 0 Å². The van der Waals surface area contributed by atoms with Gasteiger partial charge in [-0.2, -0.15) is 0 Å². The number of fused-ring (bicyclic) bond motifs is 5. The maximum absolute atomic E-state index is 3.36. The van der Waals surface area contributed by atoms with Crippen molar-refractivity contribution in [2.45, 2.75) is 0 Å². The summed E-state index contributed by atoms with van der Waals surface area (Å²) in [6.45, 7) is 0. The molecule has 7 rings (SSSR count). The van der Waals surface area contributed by atoms with E-state index in [0.29, 0.717) is 0 Å². The van der Waals surface area contributed by atoms with E-state index in [4.69, 9.17) is 0 Å². The SMILES string of the molecule is C(#Cc1cccc(-c2cc3cc4ccccc4cc3c3cc4ccccc4cc23)c1)c1ccccc1. The number of hydrogen-bond acceptors (Lipinski definition) is 0. The maximum atomic E-state index is 3.36. The van der Waals surface area contributed by atoms with Gasteiger partial charge in [0.1, 0.15) is 0 Å². The van der Waals surface area contributed by atoms with Crippen molar-refractivity contribution in [1.82, 2.24) is 0 Å². The third-order valence-electron chi connectivity index (χ3n) is 6.98. The Hall–Kier alpha value is -4.86. The summed E-state index contributed by atoms with van der Waals surface area (Å²) in [7, 11) is 0. The van der Waals surface area contributed by atoms with Gasteiger partial charge in [0.25, 0.3) is 0 Å². The molecule has 0 saturated carbocycles. The number of benzene rings is 7. The molecule has 36 heavy (non-hydrogen) atoms. The molecule has 0 atom stereocenters. The molecule has 0 aliphatic heterocycles. The normalized spacial score (nSPS) is 11.1. The van der Waals surface area contributed by atoms with Crippen molar-refractivity contribution in [3.05, 3.63) is 145 Å². The van der Waals surface area contributed by atoms with Gasteiger partial charge in [-0.25, -0.2) is 0 Å². The Morgan fingerprint density at radius 1 is 0.333 bits per heavy atom. The molecule has 0 heterocycles. The minimum atomic E-state index is 1.02. The van der Waals surface area contributed by atoms with E-state index >= 15 is 0 Å². The monoisotopic (exact) mass is 454 g/mol. The van der Waals surface area contributed by atoms with Crippen molar-refractivity contribution in [3.8, 4) is 23.0 Å². The van der Waals surface area contributed by atoms with E-state index in [2.05, 4.69) is 115 Å². The lowest BCUT2D eigenvalue weighted by molar-refractivity contribution is 1.61. The topological polar surface area (TPSA) is 0 Å². The van der Waals surface area contributed by atoms with Gasteiger partial charge in [-0.15, -0.1) is 0 Å². The van der Waals surface area contributed by atoms with E-state index in [9.17, 15) is 0 Å². The average Bonchev–Trinajstić information content (AvgIpc) is 2.94. The first kappa shape index (κ1) is 20.5. The summed E-state index contributed by atoms with van der Waals surface area (Å²) < 4.78 is 0. The molecular weight excluding hydrogens is 432 g/mol. The lowest BCUT2D eigenvalue weighted by Gasteiger charge is -2.14. The van der Waals surface area contributed by atoms with Crippen molar-refractivity contribution in [2.24, 2.45) is 0 Å². The van der Waals surface area contributed by atoms with E-state index in [1.54, 1.807) is 0 Å². The first-order valence-electron chi connectivity index (χ1n) is 12.3. The maximum Gasteiger partial charge on any atom is 0.0255 e. The Balaban J connectivity index is 1.50. The molecule has 0 radical (unpaired) electrons. The number of rotatable bonds is 1. The van der Waals surface area contributed by atoms with Gasteiger partial charge in [-0.1, -0.05) is 90.7 Å². The number of hydrogen-bond donors (Lipinski definition) is 0. The average molecular weight is 455 g/mol. The van der Waals surface area contributed by atoms with E-state index in [1.807, 2.05) is 30.3 Å². The van der Waals surface area contributed by atoms with Gasteiger partial charge >= 0.3 is 0 Å². The first-order valence-corrected chi connectivity index (χ1v) is 12.3. The van der Waals surface area contributed by atoms with Crippen LogP contribution in [-0.2, 0) is 0 Å². The molecule has 0 heteroatoms. The van der Waals surface area contributed by atoms with Gasteiger partial charge in [-0.05, 0) is 109 Å². The first-order chi connectivity index (χ1) is 17.8. The van der Waals surface area contributed by atoms with Crippen LogP contribution in [0.5, 0.6) is 0 Å². The zero-order valence-corrected chi connectivity index (χ0v) is 19.7. The summed E-state index contributed by atoms with van der Waals surface area (Å²) in [6.07, 6.45) is 0. The fraction of sp³-hybridized carbons (Fsp3) is 0. The van der Waals surface area contributed by atoms with Crippen LogP contribution in [0.4, 0.5) is 0 Å². The molecule has 0 spiro atoms. The van der Waals surface area contributed by atoms with Crippen molar-refractivity contribution in [1.29, 1.82) is 0 Å². The molecule has 0 saturated heterocycles. The largest absolute Gasteiger partial charge is 0.0622 e. The van der Waals surface area contributed by atoms with E-state index in [1.165, 1.54) is 54.2 Å². The van der Waals surface area contributed by atoms with Gasteiger partial charge in [0.2, 0.25) is 0 Å². The second-order valence-corrected chi connectivity index (χ2v) is 9.29. The predicted molar refractivity (Wildman–Crippen MR) is 154 cm³/mol. The molecule has 0 unspecified atom stereocenters. The molecular formula is C36H22. The fourth-order valence-corrected chi connectivity index (χ4v) is 5.20. The van der Waals surface area contributed by atoms with Crippen molar-refractivity contribution >= 4 is 43.1 Å². The van der Waals surface area contributed by atoms with Gasteiger partial charge < -0.3 is 0 Å². The minimum absolute atomic E-state index is 1.02. The molecule has 0 amide bonds. The highest BCUT2D eigenvalue weighted by molar-refractivity contribution is 6.19. The predicted octanol–water partition coefficient (Wildman–Crippen LogP) is 9.37. The zero-order chi connectivity index (χ0) is 23.9.